The zero-order valence-corrected chi connectivity index (χ0v) is 17.0. The number of rotatable bonds is 6. The van der Waals surface area contributed by atoms with Gasteiger partial charge in [-0.15, -0.1) is 6.58 Å². The van der Waals surface area contributed by atoms with Crippen LogP contribution in [0.5, 0.6) is 5.75 Å². The first-order valence-electron chi connectivity index (χ1n) is 9.74. The fourth-order valence-electron chi connectivity index (χ4n) is 3.36. The molecule has 31 heavy (non-hydrogen) atoms. The second kappa shape index (κ2) is 8.62. The number of nitrogens with zero attached hydrogens (tertiary/aromatic N) is 4. The molecule has 2 aromatic carbocycles. The molecule has 7 heteroatoms. The van der Waals surface area contributed by atoms with E-state index in [1.165, 1.54) is 10.8 Å². The van der Waals surface area contributed by atoms with E-state index in [9.17, 15) is 9.90 Å². The van der Waals surface area contributed by atoms with Gasteiger partial charge in [-0.25, -0.2) is 9.97 Å². The molecule has 4 aromatic rings. The van der Waals surface area contributed by atoms with Crippen LogP contribution in [0.15, 0.2) is 83.3 Å². The highest BCUT2D eigenvalue weighted by atomic mass is 16.3. The first-order valence-corrected chi connectivity index (χ1v) is 9.74. The molecule has 0 radical (unpaired) electrons. The Morgan fingerprint density at radius 1 is 1.19 bits per heavy atom. The molecule has 0 atom stereocenters. The summed E-state index contributed by atoms with van der Waals surface area (Å²) in [5.41, 5.74) is 6.32. The molecule has 0 unspecified atom stereocenters. The van der Waals surface area contributed by atoms with Gasteiger partial charge in [-0.2, -0.15) is 5.10 Å². The number of hydrogen-bond acceptors (Lipinski definition) is 6. The van der Waals surface area contributed by atoms with Crippen molar-refractivity contribution in [3.63, 3.8) is 0 Å². The highest BCUT2D eigenvalue weighted by molar-refractivity contribution is 5.85. The van der Waals surface area contributed by atoms with Crippen LogP contribution in [0.2, 0.25) is 0 Å². The minimum atomic E-state index is -0.379. The van der Waals surface area contributed by atoms with Crippen LogP contribution in [-0.4, -0.2) is 25.9 Å². The standard InChI is InChI=1S/C24H21N5O2/c1-3-8-17-13-16(2)14-18(21(17)30)15-26-28-22-24(31)29(19-9-5-4-6-10-19)23-20(27-22)11-7-12-25-23/h3-7,9-15,30H,1,8H2,2H3,(H,27,28)/b26-15+. The molecular formula is C24H21N5O2. The molecular weight excluding hydrogens is 390 g/mol. The van der Waals surface area contributed by atoms with Crippen LogP contribution in [0.1, 0.15) is 16.7 Å². The maximum atomic E-state index is 13.1. The van der Waals surface area contributed by atoms with E-state index < -0.39 is 0 Å². The smallest absolute Gasteiger partial charge is 0.301 e. The fourth-order valence-corrected chi connectivity index (χ4v) is 3.36. The van der Waals surface area contributed by atoms with Gasteiger partial charge in [-0.1, -0.05) is 30.3 Å². The largest absolute Gasteiger partial charge is 0.507 e. The Hall–Kier alpha value is -4.26. The molecule has 0 aliphatic carbocycles. The third-order valence-corrected chi connectivity index (χ3v) is 4.73. The lowest BCUT2D eigenvalue weighted by atomic mass is 10.0. The van der Waals surface area contributed by atoms with E-state index in [0.717, 1.165) is 11.1 Å². The average molecular weight is 411 g/mol. The lowest BCUT2D eigenvalue weighted by Gasteiger charge is -2.11. The molecule has 2 heterocycles. The Kier molecular flexibility index (Phi) is 5.57. The number of aromatic hydroxyl groups is 1. The second-order valence-electron chi connectivity index (χ2n) is 7.01. The van der Waals surface area contributed by atoms with E-state index in [0.29, 0.717) is 28.8 Å². The number of benzene rings is 2. The molecule has 2 N–H and O–H groups in total. The quantitative estimate of drug-likeness (QED) is 0.285. The van der Waals surface area contributed by atoms with Crippen molar-refractivity contribution in [2.24, 2.45) is 5.10 Å². The van der Waals surface area contributed by atoms with Crippen molar-refractivity contribution < 1.29 is 5.11 Å². The molecule has 4 rings (SSSR count). The number of pyridine rings is 1. The predicted octanol–water partition coefficient (Wildman–Crippen LogP) is 3.97. The van der Waals surface area contributed by atoms with Gasteiger partial charge in [0.05, 0.1) is 11.9 Å². The Morgan fingerprint density at radius 3 is 2.77 bits per heavy atom. The van der Waals surface area contributed by atoms with Crippen LogP contribution >= 0.6 is 0 Å². The molecule has 0 amide bonds. The Labute approximate surface area is 179 Å². The van der Waals surface area contributed by atoms with Crippen LogP contribution in [0.3, 0.4) is 0 Å². The third kappa shape index (κ3) is 4.06. The van der Waals surface area contributed by atoms with Crippen molar-refractivity contribution in [2.75, 3.05) is 5.43 Å². The molecule has 154 valence electrons. The van der Waals surface area contributed by atoms with Crippen LogP contribution in [0.4, 0.5) is 5.82 Å². The van der Waals surface area contributed by atoms with Crippen molar-refractivity contribution in [3.05, 3.63) is 100 Å². The minimum Gasteiger partial charge on any atom is -0.507 e. The summed E-state index contributed by atoms with van der Waals surface area (Å²) in [6.07, 6.45) is 5.36. The van der Waals surface area contributed by atoms with Gasteiger partial charge >= 0.3 is 5.56 Å². The van der Waals surface area contributed by atoms with E-state index in [1.54, 1.807) is 24.4 Å². The highest BCUT2D eigenvalue weighted by Gasteiger charge is 2.13. The van der Waals surface area contributed by atoms with E-state index >= 15 is 0 Å². The van der Waals surface area contributed by atoms with Gasteiger partial charge in [0.25, 0.3) is 0 Å². The summed E-state index contributed by atoms with van der Waals surface area (Å²) in [5.74, 6) is 0.187. The maximum Gasteiger partial charge on any atom is 0.301 e. The predicted molar refractivity (Wildman–Crippen MR) is 123 cm³/mol. The number of allylic oxidation sites excluding steroid dienone is 1. The number of aromatic nitrogens is 3. The van der Waals surface area contributed by atoms with E-state index in [1.807, 2.05) is 49.4 Å². The van der Waals surface area contributed by atoms with Gasteiger partial charge in [0.2, 0.25) is 5.82 Å². The number of nitrogens with one attached hydrogen (secondary N) is 1. The summed E-state index contributed by atoms with van der Waals surface area (Å²) >= 11 is 0. The van der Waals surface area contributed by atoms with Crippen LogP contribution in [0.25, 0.3) is 16.9 Å². The van der Waals surface area contributed by atoms with Gasteiger partial charge in [-0.3, -0.25) is 14.8 Å². The summed E-state index contributed by atoms with van der Waals surface area (Å²) in [6.45, 7) is 5.66. The lowest BCUT2D eigenvalue weighted by molar-refractivity contribution is 0.468. The number of hydrazone groups is 1. The summed E-state index contributed by atoms with van der Waals surface area (Å²) in [7, 11) is 0. The van der Waals surface area contributed by atoms with Crippen molar-refractivity contribution in [1.29, 1.82) is 0 Å². The Bertz CT molecular complexity index is 1340. The van der Waals surface area contributed by atoms with E-state index in [2.05, 4.69) is 27.1 Å². The van der Waals surface area contributed by atoms with Gasteiger partial charge in [0, 0.05) is 11.8 Å². The number of hydrogen-bond donors (Lipinski definition) is 2. The SMILES string of the molecule is C=CCc1cc(C)cc(/C=N/Nc2nc3cccnc3n(-c3ccccc3)c2=O)c1O. The molecule has 0 bridgehead atoms. The van der Waals surface area contributed by atoms with Crippen molar-refractivity contribution in [1.82, 2.24) is 14.5 Å². The van der Waals surface area contributed by atoms with Gasteiger partial charge < -0.3 is 5.11 Å². The molecule has 0 aliphatic heterocycles. The zero-order valence-electron chi connectivity index (χ0n) is 17.0. The normalized spacial score (nSPS) is 11.1. The number of para-hydroxylation sites is 1. The average Bonchev–Trinajstić information content (AvgIpc) is 2.78. The number of anilines is 1. The Balaban J connectivity index is 1.75. The summed E-state index contributed by atoms with van der Waals surface area (Å²) < 4.78 is 1.49. The van der Waals surface area contributed by atoms with Crippen LogP contribution < -0.4 is 11.0 Å². The number of phenolic OH excluding ortho intramolecular Hbond substituents is 1. The fraction of sp³-hybridized carbons (Fsp3) is 0.0833. The van der Waals surface area contributed by atoms with E-state index in [4.69, 9.17) is 0 Å². The zero-order chi connectivity index (χ0) is 21.8. The monoisotopic (exact) mass is 411 g/mol. The molecule has 0 aliphatic rings. The summed E-state index contributed by atoms with van der Waals surface area (Å²) in [4.78, 5) is 21.9. The lowest BCUT2D eigenvalue weighted by Crippen LogP contribution is -2.23. The Morgan fingerprint density at radius 2 is 2.00 bits per heavy atom. The first-order chi connectivity index (χ1) is 15.1. The number of aryl methyl sites for hydroxylation is 1. The minimum absolute atomic E-state index is 0.0547. The molecule has 0 spiro atoms. The number of phenols is 1. The van der Waals surface area contributed by atoms with Gasteiger partial charge in [0.15, 0.2) is 5.65 Å². The van der Waals surface area contributed by atoms with Gasteiger partial charge in [0.1, 0.15) is 11.3 Å². The highest BCUT2D eigenvalue weighted by Crippen LogP contribution is 2.24. The molecule has 0 fully saturated rings. The summed E-state index contributed by atoms with van der Waals surface area (Å²) in [6, 6.07) is 16.5. The summed E-state index contributed by atoms with van der Waals surface area (Å²) in [5, 5.41) is 14.6. The second-order valence-corrected chi connectivity index (χ2v) is 7.01. The van der Waals surface area contributed by atoms with Crippen molar-refractivity contribution in [2.45, 2.75) is 13.3 Å². The van der Waals surface area contributed by atoms with E-state index in [-0.39, 0.29) is 17.1 Å². The van der Waals surface area contributed by atoms with Crippen molar-refractivity contribution in [3.8, 4) is 11.4 Å². The van der Waals surface area contributed by atoms with Crippen LogP contribution in [-0.2, 0) is 6.42 Å². The molecule has 0 saturated carbocycles. The number of fused-ring (bicyclic) bond motifs is 1. The molecule has 0 saturated heterocycles. The maximum absolute atomic E-state index is 13.1. The molecule has 2 aromatic heterocycles. The van der Waals surface area contributed by atoms with Crippen molar-refractivity contribution >= 4 is 23.2 Å². The van der Waals surface area contributed by atoms with Gasteiger partial charge in [-0.05, 0) is 54.8 Å². The topological polar surface area (TPSA) is 92.4 Å². The third-order valence-electron chi connectivity index (χ3n) is 4.73. The van der Waals surface area contributed by atoms with Crippen LogP contribution in [0, 0.1) is 6.92 Å². The first kappa shape index (κ1) is 20.0. The molecule has 7 nitrogen and oxygen atoms in total.